The third-order valence-corrected chi connectivity index (χ3v) is 5.71. The van der Waals surface area contributed by atoms with Gasteiger partial charge in [0, 0.05) is 24.0 Å². The molecule has 6 nitrogen and oxygen atoms in total. The van der Waals surface area contributed by atoms with Crippen molar-refractivity contribution in [2.45, 2.75) is 70.6 Å². The zero-order valence-corrected chi connectivity index (χ0v) is 15.7. The van der Waals surface area contributed by atoms with Gasteiger partial charge in [-0.2, -0.15) is 0 Å². The number of fused-ring (bicyclic) bond motifs is 2. The highest BCUT2D eigenvalue weighted by Gasteiger charge is 2.57. The van der Waals surface area contributed by atoms with Crippen LogP contribution < -0.4 is 0 Å². The molecule has 6 heteroatoms. The summed E-state index contributed by atoms with van der Waals surface area (Å²) in [5.74, 6) is -1.43. The minimum absolute atomic E-state index is 0.118. The SMILES string of the molecule is C=C1C(=O)OC2/C=C(/C)C(O)CC3OC3(C)CC(OC(=O)/C(C)=C/C)C12. The number of aliphatic hydroxyl groups is 1. The highest BCUT2D eigenvalue weighted by molar-refractivity contribution is 5.92. The predicted molar refractivity (Wildman–Crippen MR) is 94.1 cm³/mol. The first-order chi connectivity index (χ1) is 12.2. The van der Waals surface area contributed by atoms with Crippen molar-refractivity contribution < 1.29 is 28.9 Å². The van der Waals surface area contributed by atoms with Crippen LogP contribution in [0.4, 0.5) is 0 Å². The van der Waals surface area contributed by atoms with Crippen molar-refractivity contribution in [2.24, 2.45) is 5.92 Å². The third kappa shape index (κ3) is 3.35. The van der Waals surface area contributed by atoms with Crippen LogP contribution in [0.5, 0.6) is 0 Å². The zero-order chi connectivity index (χ0) is 19.2. The molecule has 1 aliphatic carbocycles. The molecule has 3 aliphatic rings. The molecule has 2 aliphatic heterocycles. The van der Waals surface area contributed by atoms with Crippen LogP contribution in [0, 0.1) is 5.92 Å². The molecule has 3 rings (SSSR count). The highest BCUT2D eigenvalue weighted by atomic mass is 16.6. The number of carbonyl (C=O) groups is 2. The Morgan fingerprint density at radius 1 is 1.50 bits per heavy atom. The van der Waals surface area contributed by atoms with E-state index >= 15 is 0 Å². The molecule has 0 aromatic rings. The molecule has 26 heavy (non-hydrogen) atoms. The monoisotopic (exact) mass is 362 g/mol. The van der Waals surface area contributed by atoms with Crippen LogP contribution in [0.2, 0.25) is 0 Å². The van der Waals surface area contributed by atoms with E-state index in [1.54, 1.807) is 32.9 Å². The Hall–Kier alpha value is -1.92. The summed E-state index contributed by atoms with van der Waals surface area (Å²) in [7, 11) is 0. The number of hydrogen-bond acceptors (Lipinski definition) is 6. The van der Waals surface area contributed by atoms with Crippen molar-refractivity contribution in [2.75, 3.05) is 0 Å². The van der Waals surface area contributed by atoms with Crippen molar-refractivity contribution in [3.63, 3.8) is 0 Å². The van der Waals surface area contributed by atoms with Crippen LogP contribution in [0.25, 0.3) is 0 Å². The van der Waals surface area contributed by atoms with Crippen LogP contribution >= 0.6 is 0 Å². The van der Waals surface area contributed by atoms with Gasteiger partial charge in [-0.3, -0.25) is 0 Å². The number of hydrogen-bond donors (Lipinski definition) is 1. The topological polar surface area (TPSA) is 85.4 Å². The Morgan fingerprint density at radius 3 is 2.85 bits per heavy atom. The van der Waals surface area contributed by atoms with E-state index in [0.717, 1.165) is 0 Å². The van der Waals surface area contributed by atoms with Gasteiger partial charge in [-0.05, 0) is 39.3 Å². The van der Waals surface area contributed by atoms with Gasteiger partial charge in [-0.1, -0.05) is 12.7 Å². The minimum atomic E-state index is -0.667. The lowest BCUT2D eigenvalue weighted by atomic mass is 9.82. The maximum absolute atomic E-state index is 12.4. The Kier molecular flexibility index (Phi) is 4.84. The van der Waals surface area contributed by atoms with E-state index in [2.05, 4.69) is 6.58 Å². The first-order valence-corrected chi connectivity index (χ1v) is 8.94. The lowest BCUT2D eigenvalue weighted by molar-refractivity contribution is -0.148. The van der Waals surface area contributed by atoms with Gasteiger partial charge in [0.15, 0.2) is 0 Å². The Bertz CT molecular complexity index is 705. The van der Waals surface area contributed by atoms with E-state index in [9.17, 15) is 14.7 Å². The van der Waals surface area contributed by atoms with Gasteiger partial charge in [-0.25, -0.2) is 9.59 Å². The van der Waals surface area contributed by atoms with E-state index < -0.39 is 41.8 Å². The number of carbonyl (C=O) groups excluding carboxylic acids is 2. The average molecular weight is 362 g/mol. The molecule has 2 fully saturated rings. The number of ether oxygens (including phenoxy) is 3. The van der Waals surface area contributed by atoms with Crippen molar-refractivity contribution in [1.29, 1.82) is 0 Å². The molecule has 1 N–H and O–H groups in total. The first-order valence-electron chi connectivity index (χ1n) is 8.94. The van der Waals surface area contributed by atoms with Crippen molar-refractivity contribution in [3.8, 4) is 0 Å². The molecule has 0 aromatic heterocycles. The Balaban J connectivity index is 1.98. The minimum Gasteiger partial charge on any atom is -0.458 e. The average Bonchev–Trinajstić information content (AvgIpc) is 3.11. The number of esters is 2. The summed E-state index contributed by atoms with van der Waals surface area (Å²) in [6, 6.07) is 0. The quantitative estimate of drug-likeness (QED) is 0.351. The second kappa shape index (κ2) is 6.67. The van der Waals surface area contributed by atoms with Crippen LogP contribution in [0.15, 0.2) is 35.5 Å². The van der Waals surface area contributed by atoms with Crippen LogP contribution in [0.1, 0.15) is 40.5 Å². The molecule has 0 bridgehead atoms. The lowest BCUT2D eigenvalue weighted by Crippen LogP contribution is -2.37. The molecule has 6 unspecified atom stereocenters. The van der Waals surface area contributed by atoms with Gasteiger partial charge in [0.05, 0.1) is 23.7 Å². The highest BCUT2D eigenvalue weighted by Crippen LogP contribution is 2.47. The molecule has 2 saturated heterocycles. The smallest absolute Gasteiger partial charge is 0.334 e. The van der Waals surface area contributed by atoms with E-state index in [-0.39, 0.29) is 11.7 Å². The molecule has 2 heterocycles. The number of aliphatic hydroxyl groups excluding tert-OH is 1. The van der Waals surface area contributed by atoms with Crippen LogP contribution in [0.3, 0.4) is 0 Å². The van der Waals surface area contributed by atoms with Gasteiger partial charge < -0.3 is 19.3 Å². The zero-order valence-electron chi connectivity index (χ0n) is 15.7. The van der Waals surface area contributed by atoms with Crippen molar-refractivity contribution in [1.82, 2.24) is 0 Å². The molecule has 0 amide bonds. The second-order valence-electron chi connectivity index (χ2n) is 7.62. The summed E-state index contributed by atoms with van der Waals surface area (Å²) in [4.78, 5) is 24.5. The summed E-state index contributed by atoms with van der Waals surface area (Å²) in [5.41, 5.74) is 0.974. The van der Waals surface area contributed by atoms with Gasteiger partial charge >= 0.3 is 11.9 Å². The Morgan fingerprint density at radius 2 is 2.19 bits per heavy atom. The number of rotatable bonds is 2. The van der Waals surface area contributed by atoms with E-state index in [1.165, 1.54) is 0 Å². The van der Waals surface area contributed by atoms with Gasteiger partial charge in [0.1, 0.15) is 12.2 Å². The number of epoxide rings is 1. The molecular formula is C20H26O6. The van der Waals surface area contributed by atoms with Crippen molar-refractivity contribution >= 4 is 11.9 Å². The fourth-order valence-corrected chi connectivity index (χ4v) is 3.70. The summed E-state index contributed by atoms with van der Waals surface area (Å²) in [6.45, 7) is 11.0. The van der Waals surface area contributed by atoms with Gasteiger partial charge in [0.2, 0.25) is 0 Å². The fourth-order valence-electron chi connectivity index (χ4n) is 3.70. The largest absolute Gasteiger partial charge is 0.458 e. The lowest BCUT2D eigenvalue weighted by Gasteiger charge is -2.29. The van der Waals surface area contributed by atoms with Gasteiger partial charge in [-0.15, -0.1) is 0 Å². The second-order valence-corrected chi connectivity index (χ2v) is 7.62. The molecule has 0 radical (unpaired) electrons. The summed E-state index contributed by atoms with van der Waals surface area (Å²) in [5, 5.41) is 10.4. The Labute approximate surface area is 153 Å². The van der Waals surface area contributed by atoms with Gasteiger partial charge in [0.25, 0.3) is 0 Å². The summed E-state index contributed by atoms with van der Waals surface area (Å²) >= 11 is 0. The molecule has 0 spiro atoms. The molecule has 6 atom stereocenters. The summed E-state index contributed by atoms with van der Waals surface area (Å²) in [6.07, 6.45) is 2.29. The first kappa shape index (κ1) is 18.9. The maximum atomic E-state index is 12.4. The number of allylic oxidation sites excluding steroid dienone is 1. The normalized spacial score (nSPS) is 42.1. The van der Waals surface area contributed by atoms with E-state index in [4.69, 9.17) is 14.2 Å². The molecule has 0 aromatic carbocycles. The van der Waals surface area contributed by atoms with E-state index in [1.807, 2.05) is 6.92 Å². The molecular weight excluding hydrogens is 336 g/mol. The standard InChI is InChI=1S/C20H26O6/c1-6-10(2)18(22)25-15-9-20(5)16(26-20)8-13(21)11(3)7-14-17(15)12(4)19(23)24-14/h6-7,13-17,21H,4,8-9H2,1-3,5H3/b10-6+,11-7-. The molecule has 0 saturated carbocycles. The van der Waals surface area contributed by atoms with Crippen LogP contribution in [-0.4, -0.2) is 47.1 Å². The molecule has 142 valence electrons. The predicted octanol–water partition coefficient (Wildman–Crippen LogP) is 2.22. The third-order valence-electron chi connectivity index (χ3n) is 5.71. The van der Waals surface area contributed by atoms with Crippen LogP contribution in [-0.2, 0) is 23.8 Å². The fraction of sp³-hybridized carbons (Fsp3) is 0.600. The van der Waals surface area contributed by atoms with Crippen molar-refractivity contribution in [3.05, 3.63) is 35.5 Å². The summed E-state index contributed by atoms with van der Waals surface area (Å²) < 4.78 is 17.0. The van der Waals surface area contributed by atoms with E-state index in [0.29, 0.717) is 24.0 Å². The maximum Gasteiger partial charge on any atom is 0.334 e.